The summed E-state index contributed by atoms with van der Waals surface area (Å²) in [6.07, 6.45) is 0. The highest BCUT2D eigenvalue weighted by Crippen LogP contribution is 2.28. The van der Waals surface area contributed by atoms with Crippen LogP contribution in [0.1, 0.15) is 28.6 Å². The van der Waals surface area contributed by atoms with E-state index in [0.29, 0.717) is 50.8 Å². The predicted octanol–water partition coefficient (Wildman–Crippen LogP) is 1.20. The fourth-order valence-corrected chi connectivity index (χ4v) is 3.78. The Morgan fingerprint density at radius 3 is 2.72 bits per heavy atom. The molecule has 2 aromatic heterocycles. The number of H-pyrrole nitrogens is 1. The zero-order valence-electron chi connectivity index (χ0n) is 17.0. The van der Waals surface area contributed by atoms with Crippen LogP contribution in [0.15, 0.2) is 23.0 Å². The van der Waals surface area contributed by atoms with E-state index in [0.717, 1.165) is 16.5 Å². The summed E-state index contributed by atoms with van der Waals surface area (Å²) in [6.45, 7) is 7.74. The van der Waals surface area contributed by atoms with Crippen molar-refractivity contribution in [2.75, 3.05) is 40.0 Å². The van der Waals surface area contributed by atoms with Crippen LogP contribution in [-0.4, -0.2) is 70.1 Å². The van der Waals surface area contributed by atoms with E-state index in [9.17, 15) is 4.79 Å². The second-order valence-corrected chi connectivity index (χ2v) is 7.38. The number of ether oxygens (including phenoxy) is 2. The molecular formula is C20H26N6O3. The van der Waals surface area contributed by atoms with Gasteiger partial charge < -0.3 is 14.5 Å². The fraction of sp³-hybridized carbons (Fsp3) is 0.500. The van der Waals surface area contributed by atoms with Crippen LogP contribution in [0.2, 0.25) is 0 Å². The smallest absolute Gasteiger partial charge is 0.253 e. The van der Waals surface area contributed by atoms with Crippen molar-refractivity contribution in [3.63, 3.8) is 0 Å². The van der Waals surface area contributed by atoms with E-state index in [2.05, 4.69) is 38.4 Å². The van der Waals surface area contributed by atoms with Gasteiger partial charge in [0, 0.05) is 31.3 Å². The molecule has 3 aromatic rings. The van der Waals surface area contributed by atoms with Crippen LogP contribution in [-0.2, 0) is 16.0 Å². The summed E-state index contributed by atoms with van der Waals surface area (Å²) in [5, 5.41) is 13.3. The molecule has 4 rings (SSSR count). The lowest BCUT2D eigenvalue weighted by Crippen LogP contribution is -2.42. The number of methoxy groups -OCH3 is 1. The van der Waals surface area contributed by atoms with E-state index in [1.807, 2.05) is 19.1 Å². The van der Waals surface area contributed by atoms with Crippen LogP contribution < -0.4 is 5.56 Å². The van der Waals surface area contributed by atoms with Crippen molar-refractivity contribution >= 4 is 10.9 Å². The summed E-state index contributed by atoms with van der Waals surface area (Å²) >= 11 is 0. The van der Waals surface area contributed by atoms with Gasteiger partial charge in [0.15, 0.2) is 5.82 Å². The predicted molar refractivity (Wildman–Crippen MR) is 108 cm³/mol. The summed E-state index contributed by atoms with van der Waals surface area (Å²) in [4.78, 5) is 18.4. The third-order valence-corrected chi connectivity index (χ3v) is 5.50. The first kappa shape index (κ1) is 19.7. The molecule has 0 amide bonds. The minimum absolute atomic E-state index is 0.126. The highest BCUT2D eigenvalue weighted by molar-refractivity contribution is 5.81. The molecule has 3 heterocycles. The fourth-order valence-electron chi connectivity index (χ4n) is 3.78. The molecule has 1 N–H and O–H groups in total. The molecule has 0 bridgehead atoms. The average Bonchev–Trinajstić information content (AvgIpc) is 3.17. The number of benzene rings is 1. The van der Waals surface area contributed by atoms with Crippen molar-refractivity contribution in [3.05, 3.63) is 51.1 Å². The third kappa shape index (κ3) is 3.93. The van der Waals surface area contributed by atoms with Gasteiger partial charge in [0.1, 0.15) is 6.04 Å². The molecule has 0 radical (unpaired) electrons. The second kappa shape index (κ2) is 8.40. The molecule has 0 unspecified atom stereocenters. The van der Waals surface area contributed by atoms with E-state index in [1.165, 1.54) is 5.56 Å². The highest BCUT2D eigenvalue weighted by Gasteiger charge is 2.31. The van der Waals surface area contributed by atoms with Gasteiger partial charge >= 0.3 is 0 Å². The molecule has 154 valence electrons. The average molecular weight is 398 g/mol. The molecule has 9 heteroatoms. The lowest BCUT2D eigenvalue weighted by Gasteiger charge is -2.33. The quantitative estimate of drug-likeness (QED) is 0.666. The maximum Gasteiger partial charge on any atom is 0.253 e. The van der Waals surface area contributed by atoms with Crippen LogP contribution in [0.25, 0.3) is 10.9 Å². The number of hydrogen-bond acceptors (Lipinski definition) is 7. The van der Waals surface area contributed by atoms with Crippen molar-refractivity contribution in [1.29, 1.82) is 0 Å². The van der Waals surface area contributed by atoms with Gasteiger partial charge in [0.25, 0.3) is 5.56 Å². The van der Waals surface area contributed by atoms with Crippen molar-refractivity contribution < 1.29 is 9.47 Å². The Morgan fingerprint density at radius 1 is 1.21 bits per heavy atom. The normalized spacial score (nSPS) is 16.4. The first-order valence-corrected chi connectivity index (χ1v) is 9.79. The van der Waals surface area contributed by atoms with Crippen LogP contribution in [0, 0.1) is 13.8 Å². The number of aromatic nitrogens is 5. The maximum atomic E-state index is 13.1. The topological polar surface area (TPSA) is 98.2 Å². The Morgan fingerprint density at radius 2 is 1.97 bits per heavy atom. The van der Waals surface area contributed by atoms with Gasteiger partial charge in [-0.3, -0.25) is 9.69 Å². The lowest BCUT2D eigenvalue weighted by molar-refractivity contribution is 0.0211. The first-order valence-electron chi connectivity index (χ1n) is 9.79. The molecule has 1 saturated heterocycles. The van der Waals surface area contributed by atoms with Crippen LogP contribution in [0.5, 0.6) is 0 Å². The van der Waals surface area contributed by atoms with Crippen molar-refractivity contribution in [1.82, 2.24) is 30.1 Å². The van der Waals surface area contributed by atoms with E-state index >= 15 is 0 Å². The summed E-state index contributed by atoms with van der Waals surface area (Å²) in [5.74, 6) is 0.637. The first-order chi connectivity index (χ1) is 14.1. The van der Waals surface area contributed by atoms with Gasteiger partial charge in [-0.15, -0.1) is 5.10 Å². The second-order valence-electron chi connectivity index (χ2n) is 7.38. The summed E-state index contributed by atoms with van der Waals surface area (Å²) in [5.41, 5.74) is 3.67. The van der Waals surface area contributed by atoms with Gasteiger partial charge in [-0.2, -0.15) is 0 Å². The Bertz CT molecular complexity index is 1050. The molecule has 1 atom stereocenters. The maximum absolute atomic E-state index is 13.1. The molecule has 1 aliphatic rings. The molecule has 29 heavy (non-hydrogen) atoms. The van der Waals surface area contributed by atoms with Gasteiger partial charge in [-0.05, 0) is 59.0 Å². The summed E-state index contributed by atoms with van der Waals surface area (Å²) in [7, 11) is 1.64. The van der Waals surface area contributed by atoms with Crippen molar-refractivity contribution in [3.8, 4) is 0 Å². The molecule has 1 fully saturated rings. The number of hydrogen-bond donors (Lipinski definition) is 1. The van der Waals surface area contributed by atoms with Crippen molar-refractivity contribution in [2.24, 2.45) is 0 Å². The number of rotatable bonds is 6. The number of aromatic amines is 1. The Hall–Kier alpha value is -2.62. The number of nitrogens with zero attached hydrogens (tertiary/aromatic N) is 5. The number of tetrazole rings is 1. The standard InChI is InChI=1S/C20H26N6O3/c1-13-10-15-12-16(20(27)21-17(15)11-14(13)2)18(25-4-8-29-9-5-25)19-22-23-24-26(19)6-7-28-3/h10-12,18H,4-9H2,1-3H3,(H,21,27)/t18-/m1/s1. The Labute approximate surface area is 168 Å². The van der Waals surface area contributed by atoms with E-state index in [4.69, 9.17) is 9.47 Å². The van der Waals surface area contributed by atoms with E-state index in [1.54, 1.807) is 11.8 Å². The number of fused-ring (bicyclic) bond motifs is 1. The molecular weight excluding hydrogens is 372 g/mol. The van der Waals surface area contributed by atoms with Crippen LogP contribution in [0.4, 0.5) is 0 Å². The zero-order valence-corrected chi connectivity index (χ0v) is 17.0. The van der Waals surface area contributed by atoms with E-state index < -0.39 is 0 Å². The largest absolute Gasteiger partial charge is 0.383 e. The van der Waals surface area contributed by atoms with Gasteiger partial charge in [0.05, 0.1) is 26.4 Å². The molecule has 0 aliphatic carbocycles. The number of nitrogens with one attached hydrogen (secondary N) is 1. The van der Waals surface area contributed by atoms with Gasteiger partial charge in [-0.1, -0.05) is 0 Å². The van der Waals surface area contributed by atoms with Gasteiger partial charge in [0.2, 0.25) is 0 Å². The molecule has 1 aliphatic heterocycles. The summed E-state index contributed by atoms with van der Waals surface area (Å²) in [6, 6.07) is 5.73. The molecule has 9 nitrogen and oxygen atoms in total. The number of morpholine rings is 1. The SMILES string of the molecule is COCCn1nnnc1[C@@H](c1cc2cc(C)c(C)cc2[nH]c1=O)N1CCOCC1. The lowest BCUT2D eigenvalue weighted by atomic mass is 10.0. The van der Waals surface area contributed by atoms with E-state index in [-0.39, 0.29) is 11.6 Å². The minimum atomic E-state index is -0.361. The highest BCUT2D eigenvalue weighted by atomic mass is 16.5. The number of pyridine rings is 1. The van der Waals surface area contributed by atoms with Crippen molar-refractivity contribution in [2.45, 2.75) is 26.4 Å². The Balaban J connectivity index is 1.85. The monoisotopic (exact) mass is 398 g/mol. The summed E-state index contributed by atoms with van der Waals surface area (Å²) < 4.78 is 12.4. The number of aryl methyl sites for hydroxylation is 2. The van der Waals surface area contributed by atoms with Crippen LogP contribution in [0.3, 0.4) is 0 Å². The molecule has 0 saturated carbocycles. The third-order valence-electron chi connectivity index (χ3n) is 5.50. The zero-order chi connectivity index (χ0) is 20.4. The molecule has 1 aromatic carbocycles. The molecule has 0 spiro atoms. The van der Waals surface area contributed by atoms with Crippen LogP contribution >= 0.6 is 0 Å². The minimum Gasteiger partial charge on any atom is -0.383 e. The van der Waals surface area contributed by atoms with Gasteiger partial charge in [-0.25, -0.2) is 4.68 Å². The Kier molecular flexibility index (Phi) is 5.70.